The molecule has 0 aliphatic carbocycles. The molecule has 4 heteroatoms. The van der Waals surface area contributed by atoms with Crippen molar-refractivity contribution in [3.63, 3.8) is 0 Å². The predicted molar refractivity (Wildman–Crippen MR) is 76.2 cm³/mol. The van der Waals surface area contributed by atoms with E-state index in [1.54, 1.807) is 12.3 Å². The van der Waals surface area contributed by atoms with Crippen molar-refractivity contribution in [2.24, 2.45) is 0 Å². The quantitative estimate of drug-likeness (QED) is 0.737. The normalized spacial score (nSPS) is 11.3. The second-order valence-corrected chi connectivity index (χ2v) is 5.02. The molecule has 0 amide bonds. The number of nitrogens with zero attached hydrogens (tertiary/aromatic N) is 1. The number of H-pyrrole nitrogens is 2. The third kappa shape index (κ3) is 2.17. The van der Waals surface area contributed by atoms with Crippen LogP contribution in [-0.2, 0) is 0 Å². The molecule has 0 radical (unpaired) electrons. The average Bonchev–Trinajstić information content (AvgIpc) is 2.85. The topological polar surface area (TPSA) is 61.5 Å². The van der Waals surface area contributed by atoms with Gasteiger partial charge in [-0.15, -0.1) is 0 Å². The van der Waals surface area contributed by atoms with Gasteiger partial charge in [-0.05, 0) is 35.2 Å². The Kier molecular flexibility index (Phi) is 2.71. The van der Waals surface area contributed by atoms with Crippen molar-refractivity contribution in [3.05, 3.63) is 52.6 Å². The Labute approximate surface area is 110 Å². The molecule has 19 heavy (non-hydrogen) atoms. The predicted octanol–water partition coefficient (Wildman–Crippen LogP) is 3.04. The van der Waals surface area contributed by atoms with Crippen LogP contribution in [-0.4, -0.2) is 15.2 Å². The maximum Gasteiger partial charge on any atom is 0.248 e. The third-order valence-electron chi connectivity index (χ3n) is 3.26. The molecule has 2 aromatic heterocycles. The summed E-state index contributed by atoms with van der Waals surface area (Å²) in [4.78, 5) is 14.6. The average molecular weight is 253 g/mol. The Balaban J connectivity index is 2.17. The fourth-order valence-corrected chi connectivity index (χ4v) is 2.16. The van der Waals surface area contributed by atoms with E-state index in [1.165, 1.54) is 0 Å². The van der Waals surface area contributed by atoms with Gasteiger partial charge in [0.1, 0.15) is 0 Å². The molecule has 1 aromatic carbocycles. The molecule has 0 atom stereocenters. The SMILES string of the molecule is CC(C)c1cc(-c2ccc3[nH]ncc3c2)cc(=O)[nH]1. The molecule has 0 spiro atoms. The summed E-state index contributed by atoms with van der Waals surface area (Å²) in [7, 11) is 0. The van der Waals surface area contributed by atoms with Crippen LogP contribution in [0.5, 0.6) is 0 Å². The van der Waals surface area contributed by atoms with Crippen LogP contribution in [0, 0.1) is 0 Å². The number of pyridine rings is 1. The fourth-order valence-electron chi connectivity index (χ4n) is 2.16. The summed E-state index contributed by atoms with van der Waals surface area (Å²) in [6.07, 6.45) is 1.79. The highest BCUT2D eigenvalue weighted by Gasteiger charge is 2.06. The first-order valence-electron chi connectivity index (χ1n) is 6.31. The van der Waals surface area contributed by atoms with Crippen molar-refractivity contribution in [2.75, 3.05) is 0 Å². The number of benzene rings is 1. The summed E-state index contributed by atoms with van der Waals surface area (Å²) in [5.74, 6) is 0.297. The molecule has 2 N–H and O–H groups in total. The van der Waals surface area contributed by atoms with E-state index >= 15 is 0 Å². The number of hydrogen-bond acceptors (Lipinski definition) is 2. The zero-order chi connectivity index (χ0) is 13.4. The summed E-state index contributed by atoms with van der Waals surface area (Å²) in [6.45, 7) is 4.13. The Hall–Kier alpha value is -2.36. The largest absolute Gasteiger partial charge is 0.326 e. The van der Waals surface area contributed by atoms with E-state index in [9.17, 15) is 4.79 Å². The highest BCUT2D eigenvalue weighted by atomic mass is 16.1. The van der Waals surface area contributed by atoms with Crippen LogP contribution in [0.3, 0.4) is 0 Å². The number of rotatable bonds is 2. The number of aromatic amines is 2. The molecule has 0 fully saturated rings. The number of aromatic nitrogens is 3. The van der Waals surface area contributed by atoms with E-state index in [1.807, 2.05) is 24.3 Å². The van der Waals surface area contributed by atoms with Crippen molar-refractivity contribution in [3.8, 4) is 11.1 Å². The van der Waals surface area contributed by atoms with E-state index in [2.05, 4.69) is 29.0 Å². The molecule has 0 bridgehead atoms. The smallest absolute Gasteiger partial charge is 0.248 e. The van der Waals surface area contributed by atoms with E-state index < -0.39 is 0 Å². The Bertz CT molecular complexity index is 783. The maximum absolute atomic E-state index is 11.7. The molecular weight excluding hydrogens is 238 g/mol. The summed E-state index contributed by atoms with van der Waals surface area (Å²) in [5, 5.41) is 7.97. The first kappa shape index (κ1) is 11.7. The highest BCUT2D eigenvalue weighted by Crippen LogP contribution is 2.24. The van der Waals surface area contributed by atoms with Gasteiger partial charge in [0.25, 0.3) is 0 Å². The minimum atomic E-state index is -0.0616. The molecule has 4 nitrogen and oxygen atoms in total. The molecule has 0 aliphatic heterocycles. The standard InChI is InChI=1S/C15H15N3O/c1-9(2)14-6-11(7-15(19)17-14)10-3-4-13-12(5-10)8-16-18-13/h3-9H,1-2H3,(H,16,18)(H,17,19). The van der Waals surface area contributed by atoms with Gasteiger partial charge in [0.15, 0.2) is 0 Å². The maximum atomic E-state index is 11.7. The minimum Gasteiger partial charge on any atom is -0.326 e. The zero-order valence-electron chi connectivity index (χ0n) is 10.9. The van der Waals surface area contributed by atoms with Gasteiger partial charge in [-0.2, -0.15) is 5.10 Å². The molecular formula is C15H15N3O. The van der Waals surface area contributed by atoms with Crippen molar-refractivity contribution in [2.45, 2.75) is 19.8 Å². The molecule has 0 aliphatic rings. The van der Waals surface area contributed by atoms with Crippen LogP contribution in [0.4, 0.5) is 0 Å². The van der Waals surface area contributed by atoms with Crippen LogP contribution in [0.15, 0.2) is 41.3 Å². The van der Waals surface area contributed by atoms with Crippen LogP contribution < -0.4 is 5.56 Å². The van der Waals surface area contributed by atoms with Gasteiger partial charge >= 0.3 is 0 Å². The number of fused-ring (bicyclic) bond motifs is 1. The lowest BCUT2D eigenvalue weighted by molar-refractivity contribution is 0.816. The van der Waals surface area contributed by atoms with Gasteiger partial charge in [0.2, 0.25) is 5.56 Å². The van der Waals surface area contributed by atoms with Crippen LogP contribution >= 0.6 is 0 Å². The summed E-state index contributed by atoms with van der Waals surface area (Å²) in [6, 6.07) is 9.69. The second kappa shape index (κ2) is 4.39. The van der Waals surface area contributed by atoms with Crippen molar-refractivity contribution in [1.29, 1.82) is 0 Å². The Morgan fingerprint density at radius 1 is 1.11 bits per heavy atom. The fraction of sp³-hybridized carbons (Fsp3) is 0.200. The van der Waals surface area contributed by atoms with E-state index in [-0.39, 0.29) is 5.56 Å². The molecule has 2 heterocycles. The molecule has 0 saturated heterocycles. The van der Waals surface area contributed by atoms with Crippen LogP contribution in [0.1, 0.15) is 25.5 Å². The van der Waals surface area contributed by atoms with Crippen LogP contribution in [0.2, 0.25) is 0 Å². The minimum absolute atomic E-state index is 0.0616. The van der Waals surface area contributed by atoms with Gasteiger partial charge in [-0.1, -0.05) is 19.9 Å². The Morgan fingerprint density at radius 2 is 1.95 bits per heavy atom. The van der Waals surface area contributed by atoms with Gasteiger partial charge in [0.05, 0.1) is 11.7 Å². The van der Waals surface area contributed by atoms with Crippen molar-refractivity contribution in [1.82, 2.24) is 15.2 Å². The first-order chi connectivity index (χ1) is 9.13. The zero-order valence-corrected chi connectivity index (χ0v) is 10.9. The number of hydrogen-bond donors (Lipinski definition) is 2. The van der Waals surface area contributed by atoms with Gasteiger partial charge < -0.3 is 4.98 Å². The number of nitrogens with one attached hydrogen (secondary N) is 2. The second-order valence-electron chi connectivity index (χ2n) is 5.02. The first-order valence-corrected chi connectivity index (χ1v) is 6.31. The lowest BCUT2D eigenvalue weighted by Crippen LogP contribution is -2.08. The van der Waals surface area contributed by atoms with E-state index in [0.29, 0.717) is 5.92 Å². The highest BCUT2D eigenvalue weighted by molar-refractivity contribution is 5.83. The summed E-state index contributed by atoms with van der Waals surface area (Å²) >= 11 is 0. The lowest BCUT2D eigenvalue weighted by Gasteiger charge is -2.08. The molecule has 0 unspecified atom stereocenters. The van der Waals surface area contributed by atoms with Gasteiger partial charge in [0, 0.05) is 17.1 Å². The molecule has 3 rings (SSSR count). The molecule has 0 saturated carbocycles. The van der Waals surface area contributed by atoms with Gasteiger partial charge in [-0.25, -0.2) is 0 Å². The Morgan fingerprint density at radius 3 is 2.74 bits per heavy atom. The van der Waals surface area contributed by atoms with Crippen molar-refractivity contribution < 1.29 is 0 Å². The van der Waals surface area contributed by atoms with Crippen LogP contribution in [0.25, 0.3) is 22.0 Å². The monoisotopic (exact) mass is 253 g/mol. The summed E-state index contributed by atoms with van der Waals surface area (Å²) < 4.78 is 0. The third-order valence-corrected chi connectivity index (χ3v) is 3.26. The summed E-state index contributed by atoms with van der Waals surface area (Å²) in [5.41, 5.74) is 3.86. The van der Waals surface area contributed by atoms with E-state index in [0.717, 1.165) is 27.7 Å². The van der Waals surface area contributed by atoms with E-state index in [4.69, 9.17) is 0 Å². The van der Waals surface area contributed by atoms with Gasteiger partial charge in [-0.3, -0.25) is 9.89 Å². The lowest BCUT2D eigenvalue weighted by atomic mass is 10.0. The molecule has 96 valence electrons. The van der Waals surface area contributed by atoms with Crippen molar-refractivity contribution >= 4 is 10.9 Å². The molecule has 3 aromatic rings.